The third-order valence-corrected chi connectivity index (χ3v) is 4.48. The van der Waals surface area contributed by atoms with Gasteiger partial charge >= 0.3 is 0 Å². The SMILES string of the molecule is Cc1ncc(NC(=O)c2ccc(F)c(F)c2)cn1.I.O=C(Nc1cnc(Cl)nc1)c1ccc(F)c(F)c1.[HH]. The van der Waals surface area contributed by atoms with Crippen LogP contribution in [-0.2, 0) is 0 Å². The first kappa shape index (κ1) is 29.5. The van der Waals surface area contributed by atoms with E-state index in [-0.39, 0.29) is 41.8 Å². The summed E-state index contributed by atoms with van der Waals surface area (Å²) in [6, 6.07) is 5.78. The maximum Gasteiger partial charge on any atom is 0.255 e. The Kier molecular flexibility index (Phi) is 10.8. The number of anilines is 2. The van der Waals surface area contributed by atoms with Gasteiger partial charge in [-0.1, -0.05) is 0 Å². The van der Waals surface area contributed by atoms with E-state index in [1.54, 1.807) is 6.92 Å². The molecule has 4 rings (SSSR count). The molecule has 2 aromatic heterocycles. The van der Waals surface area contributed by atoms with Crippen molar-refractivity contribution in [3.63, 3.8) is 0 Å². The summed E-state index contributed by atoms with van der Waals surface area (Å²) in [6.45, 7) is 1.71. The summed E-state index contributed by atoms with van der Waals surface area (Å²) in [7, 11) is 0. The molecule has 8 nitrogen and oxygen atoms in total. The maximum absolute atomic E-state index is 13.0. The summed E-state index contributed by atoms with van der Waals surface area (Å²) in [6.07, 6.45) is 5.46. The lowest BCUT2D eigenvalue weighted by molar-refractivity contribution is 0.101. The Morgan fingerprint density at radius 1 is 0.703 bits per heavy atom. The number of nitrogens with zero attached hydrogens (tertiary/aromatic N) is 4. The minimum atomic E-state index is -1.09. The molecule has 0 saturated heterocycles. The van der Waals surface area contributed by atoms with E-state index in [0.29, 0.717) is 17.2 Å². The average Bonchev–Trinajstić information content (AvgIpc) is 2.85. The van der Waals surface area contributed by atoms with E-state index in [1.165, 1.54) is 36.9 Å². The van der Waals surface area contributed by atoms with Gasteiger partial charge in [-0.3, -0.25) is 9.59 Å². The zero-order valence-electron chi connectivity index (χ0n) is 18.7. The Morgan fingerprint density at radius 2 is 1.08 bits per heavy atom. The Balaban J connectivity index is 0.000000361. The quantitative estimate of drug-likeness (QED) is 0.164. The number of carbonyl (C=O) groups is 2. The number of carbonyl (C=O) groups excluding carboxylic acids is 2. The number of hydrogen-bond donors (Lipinski definition) is 2. The predicted molar refractivity (Wildman–Crippen MR) is 140 cm³/mol. The zero-order chi connectivity index (χ0) is 26.2. The Bertz CT molecular complexity index is 1300. The summed E-state index contributed by atoms with van der Waals surface area (Å²) in [4.78, 5) is 38.5. The Morgan fingerprint density at radius 3 is 1.46 bits per heavy atom. The van der Waals surface area contributed by atoms with E-state index in [1.807, 2.05) is 0 Å². The molecule has 0 spiro atoms. The molecule has 4 aromatic rings. The maximum atomic E-state index is 13.0. The van der Waals surface area contributed by atoms with Gasteiger partial charge in [-0.2, -0.15) is 0 Å². The van der Waals surface area contributed by atoms with E-state index in [4.69, 9.17) is 11.6 Å². The molecule has 0 aliphatic heterocycles. The molecule has 0 atom stereocenters. The summed E-state index contributed by atoms with van der Waals surface area (Å²) < 4.78 is 51.3. The smallest absolute Gasteiger partial charge is 0.255 e. The highest BCUT2D eigenvalue weighted by Gasteiger charge is 2.11. The Labute approximate surface area is 231 Å². The topological polar surface area (TPSA) is 110 Å². The lowest BCUT2D eigenvalue weighted by Crippen LogP contribution is -2.13. The van der Waals surface area contributed by atoms with Crippen LogP contribution in [0.5, 0.6) is 0 Å². The molecule has 0 aliphatic rings. The number of hydrogen-bond acceptors (Lipinski definition) is 6. The minimum Gasteiger partial charge on any atom is -0.319 e. The normalized spacial score (nSPS) is 9.89. The van der Waals surface area contributed by atoms with Crippen molar-refractivity contribution in [2.75, 3.05) is 10.6 Å². The monoisotopic (exact) mass is 648 g/mol. The van der Waals surface area contributed by atoms with Crippen molar-refractivity contribution in [2.45, 2.75) is 6.92 Å². The van der Waals surface area contributed by atoms with Gasteiger partial charge in [0.1, 0.15) is 5.82 Å². The number of rotatable bonds is 4. The highest BCUT2D eigenvalue weighted by molar-refractivity contribution is 14.0. The van der Waals surface area contributed by atoms with Gasteiger partial charge in [0.05, 0.1) is 36.2 Å². The lowest BCUT2D eigenvalue weighted by atomic mass is 10.2. The lowest BCUT2D eigenvalue weighted by Gasteiger charge is -2.04. The number of amides is 2. The van der Waals surface area contributed by atoms with Gasteiger partial charge in [0.15, 0.2) is 23.3 Å². The highest BCUT2D eigenvalue weighted by Crippen LogP contribution is 2.13. The minimum absolute atomic E-state index is 0. The van der Waals surface area contributed by atoms with E-state index < -0.39 is 35.1 Å². The van der Waals surface area contributed by atoms with Crippen molar-refractivity contribution in [3.05, 3.63) is 107 Å². The van der Waals surface area contributed by atoms with Crippen LogP contribution >= 0.6 is 35.6 Å². The number of nitrogens with one attached hydrogen (secondary N) is 2. The summed E-state index contributed by atoms with van der Waals surface area (Å²) >= 11 is 5.48. The van der Waals surface area contributed by atoms with Crippen LogP contribution in [0.4, 0.5) is 28.9 Å². The van der Waals surface area contributed by atoms with Crippen LogP contribution in [-0.4, -0.2) is 31.8 Å². The second kappa shape index (κ2) is 13.5. The molecule has 2 amide bonds. The van der Waals surface area contributed by atoms with E-state index in [0.717, 1.165) is 24.3 Å². The van der Waals surface area contributed by atoms with Gasteiger partial charge in [-0.25, -0.2) is 37.5 Å². The summed E-state index contributed by atoms with van der Waals surface area (Å²) in [5.74, 6) is -4.74. The largest absolute Gasteiger partial charge is 0.319 e. The predicted octanol–water partition coefficient (Wildman–Crippen LogP) is 5.84. The number of benzene rings is 2. The van der Waals surface area contributed by atoms with E-state index in [2.05, 4.69) is 30.6 Å². The van der Waals surface area contributed by atoms with Crippen molar-refractivity contribution >= 4 is 58.8 Å². The Hall–Kier alpha value is -3.72. The van der Waals surface area contributed by atoms with Crippen LogP contribution < -0.4 is 10.6 Å². The molecule has 0 aliphatic carbocycles. The van der Waals surface area contributed by atoms with Gasteiger partial charge in [0.25, 0.3) is 11.8 Å². The molecule has 0 saturated carbocycles. The fourth-order valence-corrected chi connectivity index (χ4v) is 2.61. The third kappa shape index (κ3) is 8.71. The first-order chi connectivity index (χ1) is 17.1. The number of aryl methyl sites for hydroxylation is 1. The van der Waals surface area contributed by atoms with Crippen LogP contribution in [0.15, 0.2) is 61.2 Å². The van der Waals surface area contributed by atoms with Crippen LogP contribution in [0.25, 0.3) is 0 Å². The van der Waals surface area contributed by atoms with Crippen LogP contribution in [0.2, 0.25) is 5.28 Å². The second-order valence-corrected chi connectivity index (χ2v) is 7.26. The molecule has 0 unspecified atom stereocenters. The van der Waals surface area contributed by atoms with Crippen LogP contribution in [0, 0.1) is 30.2 Å². The highest BCUT2D eigenvalue weighted by atomic mass is 127. The fourth-order valence-electron chi connectivity index (χ4n) is 2.52. The number of halogens is 6. The molecule has 2 aromatic carbocycles. The van der Waals surface area contributed by atoms with Crippen LogP contribution in [0.1, 0.15) is 28.0 Å². The van der Waals surface area contributed by atoms with E-state index >= 15 is 0 Å². The van der Waals surface area contributed by atoms with Crippen molar-refractivity contribution < 1.29 is 28.6 Å². The van der Waals surface area contributed by atoms with Crippen molar-refractivity contribution in [1.29, 1.82) is 0 Å². The second-order valence-electron chi connectivity index (χ2n) is 6.93. The first-order valence-corrected chi connectivity index (χ1v) is 10.3. The molecule has 14 heteroatoms. The molecule has 0 radical (unpaired) electrons. The molecule has 2 N–H and O–H groups in total. The molecular weight excluding hydrogens is 631 g/mol. The van der Waals surface area contributed by atoms with Crippen molar-refractivity contribution in [3.8, 4) is 0 Å². The molecule has 194 valence electrons. The van der Waals surface area contributed by atoms with Gasteiger partial charge in [0.2, 0.25) is 5.28 Å². The molecule has 37 heavy (non-hydrogen) atoms. The number of aromatic nitrogens is 4. The summed E-state index contributed by atoms with van der Waals surface area (Å²) in [5, 5.41) is 4.94. The van der Waals surface area contributed by atoms with Gasteiger partial charge in [-0.15, -0.1) is 24.0 Å². The standard InChI is InChI=1S/C12H9F2N3O.C11H6ClF2N3O.HI.H2/c1-7-15-5-9(6-16-7)17-12(18)8-2-3-10(13)11(14)4-8;12-11-15-4-7(5-16-11)17-10(18)6-1-2-8(13)9(14)3-6;;/h2-6H,1H3,(H,17,18);1-5H,(H,17,18);2*1H. The van der Waals surface area contributed by atoms with E-state index in [9.17, 15) is 27.2 Å². The van der Waals surface area contributed by atoms with Gasteiger partial charge < -0.3 is 10.6 Å². The molecule has 2 heterocycles. The fraction of sp³-hybridized carbons (Fsp3) is 0.0435. The van der Waals surface area contributed by atoms with Crippen molar-refractivity contribution in [1.82, 2.24) is 19.9 Å². The molecule has 0 bridgehead atoms. The van der Waals surface area contributed by atoms with Gasteiger partial charge in [0, 0.05) is 12.6 Å². The zero-order valence-corrected chi connectivity index (χ0v) is 21.8. The first-order valence-electron chi connectivity index (χ1n) is 9.91. The summed E-state index contributed by atoms with van der Waals surface area (Å²) in [5.41, 5.74) is 0.697. The van der Waals surface area contributed by atoms with Gasteiger partial charge in [-0.05, 0) is 54.9 Å². The third-order valence-electron chi connectivity index (χ3n) is 4.28. The molecular formula is C23H18ClF4IN6O2. The van der Waals surface area contributed by atoms with Crippen LogP contribution in [0.3, 0.4) is 0 Å². The average molecular weight is 649 g/mol. The van der Waals surface area contributed by atoms with Crippen molar-refractivity contribution in [2.24, 2.45) is 0 Å². The molecule has 0 fully saturated rings.